The molecule has 1 N–H and O–H groups in total. The quantitative estimate of drug-likeness (QED) is 0.502. The van der Waals surface area contributed by atoms with Crippen LogP contribution in [0.2, 0.25) is 0 Å². The Morgan fingerprint density at radius 1 is 1.31 bits per heavy atom. The summed E-state index contributed by atoms with van der Waals surface area (Å²) in [4.78, 5) is 18.3. The van der Waals surface area contributed by atoms with Gasteiger partial charge in [-0.3, -0.25) is 4.79 Å². The van der Waals surface area contributed by atoms with Gasteiger partial charge in [0.15, 0.2) is 5.82 Å². The summed E-state index contributed by atoms with van der Waals surface area (Å²) >= 11 is 1.66. The number of sulfonamides is 1. The third-order valence-electron chi connectivity index (χ3n) is 5.36. The molecule has 1 aliphatic rings. The van der Waals surface area contributed by atoms with E-state index in [0.29, 0.717) is 56.2 Å². The van der Waals surface area contributed by atoms with Gasteiger partial charge in [0.25, 0.3) is 5.91 Å². The number of aryl methyl sites for hydroxylation is 1. The molecule has 2 aromatic heterocycles. The van der Waals surface area contributed by atoms with E-state index in [0.717, 1.165) is 5.56 Å². The number of aromatic nitrogens is 2. The van der Waals surface area contributed by atoms with E-state index in [1.165, 1.54) is 21.3 Å². The van der Waals surface area contributed by atoms with Crippen LogP contribution in [-0.2, 0) is 29.4 Å². The molecule has 1 amide bonds. The highest BCUT2D eigenvalue weighted by molar-refractivity contribution is 7.89. The summed E-state index contributed by atoms with van der Waals surface area (Å²) in [6.07, 6.45) is 1.92. The van der Waals surface area contributed by atoms with Gasteiger partial charge < -0.3 is 9.84 Å². The molecule has 0 unspecified atom stereocenters. The summed E-state index contributed by atoms with van der Waals surface area (Å²) in [5.41, 5.74) is 1.37. The molecule has 0 radical (unpaired) electrons. The number of hydrogen-bond acceptors (Lipinski definition) is 7. The first kappa shape index (κ1) is 22.6. The molecule has 1 aromatic carbocycles. The molecule has 8 nitrogen and oxygen atoms in total. The Bertz CT molecular complexity index is 1200. The van der Waals surface area contributed by atoms with E-state index in [9.17, 15) is 13.2 Å². The van der Waals surface area contributed by atoms with Crippen molar-refractivity contribution in [3.8, 4) is 0 Å². The second kappa shape index (κ2) is 9.51. The van der Waals surface area contributed by atoms with Crippen molar-refractivity contribution in [2.75, 3.05) is 13.1 Å². The van der Waals surface area contributed by atoms with Crippen LogP contribution in [0.25, 0.3) is 0 Å². The van der Waals surface area contributed by atoms with Crippen LogP contribution < -0.4 is 5.32 Å². The van der Waals surface area contributed by atoms with Gasteiger partial charge in [-0.2, -0.15) is 9.29 Å². The summed E-state index contributed by atoms with van der Waals surface area (Å²) in [5.74, 6) is 1.11. The maximum Gasteiger partial charge on any atom is 0.251 e. The number of hydrogen-bond donors (Lipinski definition) is 1. The first-order valence-corrected chi connectivity index (χ1v) is 12.9. The zero-order chi connectivity index (χ0) is 22.7. The summed E-state index contributed by atoms with van der Waals surface area (Å²) < 4.78 is 33.0. The number of benzene rings is 1. The predicted octanol–water partition coefficient (Wildman–Crippen LogP) is 3.36. The normalized spacial score (nSPS) is 14.5. The highest BCUT2D eigenvalue weighted by atomic mass is 32.2. The van der Waals surface area contributed by atoms with Crippen LogP contribution in [0.4, 0.5) is 0 Å². The van der Waals surface area contributed by atoms with Crippen molar-refractivity contribution in [2.24, 2.45) is 0 Å². The van der Waals surface area contributed by atoms with Crippen molar-refractivity contribution in [1.29, 1.82) is 0 Å². The number of rotatable bonds is 8. The number of nitrogens with zero attached hydrogens (tertiary/aromatic N) is 3. The Kier molecular flexibility index (Phi) is 6.73. The van der Waals surface area contributed by atoms with Crippen LogP contribution in [0.1, 0.15) is 58.7 Å². The molecule has 1 aliphatic heterocycles. The summed E-state index contributed by atoms with van der Waals surface area (Å²) in [7, 11) is -3.67. The third kappa shape index (κ3) is 4.92. The fourth-order valence-corrected chi connectivity index (χ4v) is 5.88. The van der Waals surface area contributed by atoms with Crippen molar-refractivity contribution in [3.05, 3.63) is 63.4 Å². The van der Waals surface area contributed by atoms with Crippen LogP contribution in [0.3, 0.4) is 0 Å². The van der Waals surface area contributed by atoms with E-state index in [-0.39, 0.29) is 16.7 Å². The van der Waals surface area contributed by atoms with Crippen LogP contribution in [-0.4, -0.2) is 41.9 Å². The molecule has 170 valence electrons. The molecule has 0 saturated carbocycles. The molecule has 0 aliphatic carbocycles. The number of amides is 1. The van der Waals surface area contributed by atoms with Crippen molar-refractivity contribution in [1.82, 2.24) is 19.8 Å². The van der Waals surface area contributed by atoms with E-state index >= 15 is 0 Å². The predicted molar refractivity (Wildman–Crippen MR) is 121 cm³/mol. The van der Waals surface area contributed by atoms with Gasteiger partial charge in [0, 0.05) is 42.4 Å². The molecule has 0 saturated heterocycles. The van der Waals surface area contributed by atoms with Crippen LogP contribution in [0.15, 0.2) is 45.1 Å². The Labute approximate surface area is 191 Å². The van der Waals surface area contributed by atoms with Crippen LogP contribution in [0, 0.1) is 0 Å². The smallest absolute Gasteiger partial charge is 0.251 e. The van der Waals surface area contributed by atoms with Gasteiger partial charge in [-0.1, -0.05) is 25.1 Å². The highest BCUT2D eigenvalue weighted by Gasteiger charge is 2.29. The maximum absolute atomic E-state index is 13.1. The Morgan fingerprint density at radius 2 is 2.16 bits per heavy atom. The first-order chi connectivity index (χ1) is 15.3. The lowest BCUT2D eigenvalue weighted by molar-refractivity contribution is 0.0952. The molecule has 3 aromatic rings. The zero-order valence-corrected chi connectivity index (χ0v) is 19.7. The Hall–Kier alpha value is -2.56. The van der Waals surface area contributed by atoms with Crippen LogP contribution in [0.5, 0.6) is 0 Å². The Morgan fingerprint density at radius 3 is 2.94 bits per heavy atom. The number of carbonyl (C=O) groups excluding carboxylic acids is 1. The number of nitrogens with one attached hydrogen (secondary N) is 1. The maximum atomic E-state index is 13.1. The van der Waals surface area contributed by atoms with Crippen molar-refractivity contribution < 1.29 is 17.7 Å². The lowest BCUT2D eigenvalue weighted by Crippen LogP contribution is -2.35. The van der Waals surface area contributed by atoms with Gasteiger partial charge in [0.05, 0.1) is 4.90 Å². The number of thiophene rings is 1. The largest absolute Gasteiger partial charge is 0.352 e. The lowest BCUT2D eigenvalue weighted by atomic mass is 10.1. The van der Waals surface area contributed by atoms with Crippen molar-refractivity contribution in [2.45, 2.75) is 50.5 Å². The summed E-state index contributed by atoms with van der Waals surface area (Å²) in [6.45, 7) is 5.22. The van der Waals surface area contributed by atoms with Crippen molar-refractivity contribution in [3.63, 3.8) is 0 Å². The molecule has 32 heavy (non-hydrogen) atoms. The molecule has 0 fully saturated rings. The van der Waals surface area contributed by atoms with E-state index in [1.54, 1.807) is 23.5 Å². The minimum atomic E-state index is -3.67. The monoisotopic (exact) mass is 474 g/mol. The zero-order valence-electron chi connectivity index (χ0n) is 18.1. The lowest BCUT2D eigenvalue weighted by Gasteiger charge is -2.26. The van der Waals surface area contributed by atoms with Gasteiger partial charge in [-0.05, 0) is 48.1 Å². The Balaban J connectivity index is 1.35. The average Bonchev–Trinajstić information content (AvgIpc) is 3.45. The molecule has 4 rings (SSSR count). The molecule has 0 spiro atoms. The van der Waals surface area contributed by atoms with E-state index < -0.39 is 10.0 Å². The van der Waals surface area contributed by atoms with E-state index in [1.807, 2.05) is 25.3 Å². The van der Waals surface area contributed by atoms with Gasteiger partial charge in [-0.25, -0.2) is 8.42 Å². The minimum absolute atomic E-state index is 0.135. The van der Waals surface area contributed by atoms with Gasteiger partial charge >= 0.3 is 0 Å². The second-order valence-corrected chi connectivity index (χ2v) is 11.0. The third-order valence-corrected chi connectivity index (χ3v) is 8.22. The average molecular weight is 475 g/mol. The molecule has 10 heteroatoms. The van der Waals surface area contributed by atoms with E-state index in [2.05, 4.69) is 15.5 Å². The second-order valence-electron chi connectivity index (χ2n) is 8.05. The van der Waals surface area contributed by atoms with Gasteiger partial charge in [0.2, 0.25) is 15.9 Å². The topological polar surface area (TPSA) is 105 Å². The number of fused-ring (bicyclic) bond motifs is 1. The molecular formula is C22H26N4O4S2. The van der Waals surface area contributed by atoms with Gasteiger partial charge in [0.1, 0.15) is 0 Å². The minimum Gasteiger partial charge on any atom is -0.352 e. The SMILES string of the molecule is CC(C)c1noc(CCCNC(=O)c2cccc(S(=O)(=O)N3CCc4sccc4C3)c2)n1. The molecule has 0 atom stereocenters. The summed E-state index contributed by atoms with van der Waals surface area (Å²) in [5, 5.41) is 8.75. The molecule has 0 bridgehead atoms. The van der Waals surface area contributed by atoms with E-state index in [4.69, 9.17) is 4.52 Å². The number of carbonyl (C=O) groups is 1. The highest BCUT2D eigenvalue weighted by Crippen LogP contribution is 2.28. The fraction of sp³-hybridized carbons (Fsp3) is 0.409. The summed E-state index contributed by atoms with van der Waals surface area (Å²) in [6, 6.07) is 8.18. The van der Waals surface area contributed by atoms with Crippen LogP contribution >= 0.6 is 11.3 Å². The van der Waals surface area contributed by atoms with Gasteiger partial charge in [-0.15, -0.1) is 11.3 Å². The molecule has 3 heterocycles. The first-order valence-electron chi connectivity index (χ1n) is 10.6. The van der Waals surface area contributed by atoms with Crippen molar-refractivity contribution >= 4 is 27.3 Å². The molecular weight excluding hydrogens is 448 g/mol. The fourth-order valence-electron chi connectivity index (χ4n) is 3.52. The standard InChI is InChI=1S/C22H26N4O4S2/c1-15(2)21-24-20(30-25-21)7-4-10-23-22(27)16-5-3-6-18(13-16)32(28,29)26-11-8-19-17(14-26)9-12-31-19/h3,5-6,9,12-13,15H,4,7-8,10-11,14H2,1-2H3,(H,23,27).